The first kappa shape index (κ1) is 21.6. The zero-order chi connectivity index (χ0) is 21.3. The summed E-state index contributed by atoms with van der Waals surface area (Å²) in [6.07, 6.45) is 0.716. The summed E-state index contributed by atoms with van der Waals surface area (Å²) in [5, 5.41) is 3.27. The lowest BCUT2D eigenvalue weighted by molar-refractivity contribution is -0.120. The van der Waals surface area contributed by atoms with Crippen LogP contribution in [-0.2, 0) is 23.4 Å². The van der Waals surface area contributed by atoms with Gasteiger partial charge in [0.15, 0.2) is 5.16 Å². The smallest absolute Gasteiger partial charge is 0.251 e. The molecule has 156 valence electrons. The molecule has 0 aliphatic carbocycles. The average molecular weight is 428 g/mol. The Hall–Kier alpha value is -3.13. The Morgan fingerprint density at radius 2 is 1.83 bits per heavy atom. The monoisotopic (exact) mass is 427 g/mol. The molecular weight excluding hydrogens is 405 g/mol. The van der Waals surface area contributed by atoms with Crippen LogP contribution in [0.5, 0.6) is 5.75 Å². The molecule has 0 bridgehead atoms. The number of hydrogen-bond donors (Lipinski definition) is 2. The molecule has 0 fully saturated rings. The van der Waals surface area contributed by atoms with Crippen molar-refractivity contribution in [3.63, 3.8) is 0 Å². The molecule has 2 aromatic carbocycles. The summed E-state index contributed by atoms with van der Waals surface area (Å²) in [6.45, 7) is 0.487. The molecule has 3 rings (SSSR count). The number of H-pyrrole nitrogens is 1. The number of hydrogen-bond acceptors (Lipinski definition) is 5. The zero-order valence-electron chi connectivity index (χ0n) is 16.5. The predicted octanol–water partition coefficient (Wildman–Crippen LogP) is 3.11. The van der Waals surface area contributed by atoms with E-state index < -0.39 is 0 Å². The van der Waals surface area contributed by atoms with Crippen LogP contribution >= 0.6 is 11.8 Å². The first-order valence-corrected chi connectivity index (χ1v) is 10.4. The second-order valence-electron chi connectivity index (χ2n) is 6.58. The van der Waals surface area contributed by atoms with Crippen molar-refractivity contribution in [2.24, 2.45) is 0 Å². The van der Waals surface area contributed by atoms with Gasteiger partial charge in [-0.2, -0.15) is 0 Å². The second kappa shape index (κ2) is 10.6. The zero-order valence-corrected chi connectivity index (χ0v) is 17.3. The van der Waals surface area contributed by atoms with Crippen molar-refractivity contribution >= 4 is 17.7 Å². The minimum absolute atomic E-state index is 0.0244. The first-order chi connectivity index (χ1) is 14.5. The van der Waals surface area contributed by atoms with E-state index in [9.17, 15) is 14.0 Å². The second-order valence-corrected chi connectivity index (χ2v) is 7.55. The van der Waals surface area contributed by atoms with Crippen LogP contribution < -0.4 is 15.6 Å². The highest BCUT2D eigenvalue weighted by atomic mass is 32.2. The summed E-state index contributed by atoms with van der Waals surface area (Å²) in [7, 11) is 1.62. The van der Waals surface area contributed by atoms with E-state index in [1.807, 2.05) is 24.3 Å². The van der Waals surface area contributed by atoms with Crippen molar-refractivity contribution in [3.8, 4) is 5.75 Å². The molecule has 0 atom stereocenters. The van der Waals surface area contributed by atoms with E-state index in [1.165, 1.54) is 30.0 Å². The summed E-state index contributed by atoms with van der Waals surface area (Å²) in [6, 6.07) is 15.1. The quantitative estimate of drug-likeness (QED) is 0.405. The lowest BCUT2D eigenvalue weighted by Gasteiger charge is -2.07. The number of thioether (sulfide) groups is 1. The highest BCUT2D eigenvalue weighted by Gasteiger charge is 2.08. The van der Waals surface area contributed by atoms with Gasteiger partial charge >= 0.3 is 0 Å². The van der Waals surface area contributed by atoms with Gasteiger partial charge in [0.25, 0.3) is 5.56 Å². The Labute approximate surface area is 177 Å². The maximum Gasteiger partial charge on any atom is 0.251 e. The van der Waals surface area contributed by atoms with E-state index >= 15 is 0 Å². The molecule has 3 aromatic rings. The van der Waals surface area contributed by atoms with Crippen LogP contribution in [0.15, 0.2) is 64.5 Å². The average Bonchev–Trinajstić information content (AvgIpc) is 2.73. The molecule has 0 radical (unpaired) electrons. The number of aromatic nitrogens is 2. The van der Waals surface area contributed by atoms with Crippen molar-refractivity contribution in [2.75, 3.05) is 13.7 Å². The van der Waals surface area contributed by atoms with Crippen LogP contribution in [0.1, 0.15) is 16.8 Å². The number of methoxy groups -OCH3 is 1. The molecule has 0 saturated carbocycles. The number of nitrogens with one attached hydrogen (secondary N) is 2. The molecule has 1 heterocycles. The number of carbonyl (C=O) groups excluding carboxylic acids is 1. The van der Waals surface area contributed by atoms with Gasteiger partial charge in [-0.05, 0) is 41.8 Å². The third kappa shape index (κ3) is 6.73. The molecule has 6 nitrogen and oxygen atoms in total. The SMILES string of the molecule is COc1ccc(CCNC(=O)Cc2cc(=O)[nH]c(SCc3ccc(F)cc3)n2)cc1. The lowest BCUT2D eigenvalue weighted by atomic mass is 10.1. The molecule has 0 spiro atoms. The standard InChI is InChI=1S/C22H22FN3O3S/c1-29-19-8-4-15(5-9-19)10-11-24-20(27)12-18-13-21(28)26-22(25-18)30-14-16-2-6-17(23)7-3-16/h2-9,13H,10-12,14H2,1H3,(H,24,27)(H,25,26,28). The molecular formula is C22H22FN3O3S. The molecule has 0 unspecified atom stereocenters. The molecule has 2 N–H and O–H groups in total. The number of halogens is 1. The normalized spacial score (nSPS) is 10.6. The Balaban J connectivity index is 1.50. The summed E-state index contributed by atoms with van der Waals surface area (Å²) < 4.78 is 18.1. The summed E-state index contributed by atoms with van der Waals surface area (Å²) >= 11 is 1.32. The number of rotatable bonds is 9. The molecule has 0 aliphatic heterocycles. The highest BCUT2D eigenvalue weighted by molar-refractivity contribution is 7.98. The molecule has 1 amide bonds. The summed E-state index contributed by atoms with van der Waals surface area (Å²) in [5.74, 6) is 0.823. The highest BCUT2D eigenvalue weighted by Crippen LogP contribution is 2.18. The molecule has 0 aliphatic rings. The lowest BCUT2D eigenvalue weighted by Crippen LogP contribution is -2.28. The van der Waals surface area contributed by atoms with Crippen molar-refractivity contribution in [1.29, 1.82) is 0 Å². The van der Waals surface area contributed by atoms with Crippen molar-refractivity contribution < 1.29 is 13.9 Å². The van der Waals surface area contributed by atoms with Gasteiger partial charge in [0, 0.05) is 18.4 Å². The van der Waals surface area contributed by atoms with Crippen LogP contribution in [0, 0.1) is 5.82 Å². The van der Waals surface area contributed by atoms with Gasteiger partial charge in [-0.15, -0.1) is 0 Å². The van der Waals surface area contributed by atoms with Gasteiger partial charge in [0.1, 0.15) is 11.6 Å². The third-order valence-electron chi connectivity index (χ3n) is 4.30. The Bertz CT molecular complexity index is 1040. The van der Waals surface area contributed by atoms with E-state index in [4.69, 9.17) is 4.74 Å². The number of nitrogens with zero attached hydrogens (tertiary/aromatic N) is 1. The predicted molar refractivity (Wildman–Crippen MR) is 114 cm³/mol. The number of ether oxygens (including phenoxy) is 1. The van der Waals surface area contributed by atoms with Gasteiger partial charge in [-0.3, -0.25) is 9.59 Å². The Morgan fingerprint density at radius 3 is 2.53 bits per heavy atom. The number of amides is 1. The van der Waals surface area contributed by atoms with E-state index in [-0.39, 0.29) is 23.7 Å². The fraction of sp³-hybridized carbons (Fsp3) is 0.227. The van der Waals surface area contributed by atoms with Crippen molar-refractivity contribution in [3.05, 3.63) is 87.6 Å². The Kier molecular flexibility index (Phi) is 7.62. The topological polar surface area (TPSA) is 84.1 Å². The van der Waals surface area contributed by atoms with Crippen LogP contribution in [0.3, 0.4) is 0 Å². The maximum absolute atomic E-state index is 13.0. The van der Waals surface area contributed by atoms with Gasteiger partial charge in [0.05, 0.1) is 19.2 Å². The third-order valence-corrected chi connectivity index (χ3v) is 5.24. The number of aromatic amines is 1. The van der Waals surface area contributed by atoms with E-state index in [0.717, 1.165) is 16.9 Å². The van der Waals surface area contributed by atoms with E-state index in [2.05, 4.69) is 15.3 Å². The van der Waals surface area contributed by atoms with Crippen LogP contribution in [0.2, 0.25) is 0 Å². The summed E-state index contributed by atoms with van der Waals surface area (Å²) in [4.78, 5) is 31.1. The molecule has 8 heteroatoms. The van der Waals surface area contributed by atoms with Gasteiger partial charge in [-0.25, -0.2) is 9.37 Å². The Morgan fingerprint density at radius 1 is 1.13 bits per heavy atom. The number of benzene rings is 2. The van der Waals surface area contributed by atoms with Crippen molar-refractivity contribution in [2.45, 2.75) is 23.8 Å². The van der Waals surface area contributed by atoms with Gasteiger partial charge in [-0.1, -0.05) is 36.0 Å². The summed E-state index contributed by atoms with van der Waals surface area (Å²) in [5.41, 5.74) is 2.09. The molecule has 30 heavy (non-hydrogen) atoms. The molecule has 0 saturated heterocycles. The largest absolute Gasteiger partial charge is 0.497 e. The molecule has 1 aromatic heterocycles. The minimum Gasteiger partial charge on any atom is -0.497 e. The fourth-order valence-electron chi connectivity index (χ4n) is 2.74. The van der Waals surface area contributed by atoms with Crippen LogP contribution in [-0.4, -0.2) is 29.5 Å². The van der Waals surface area contributed by atoms with Crippen molar-refractivity contribution in [1.82, 2.24) is 15.3 Å². The van der Waals surface area contributed by atoms with E-state index in [0.29, 0.717) is 29.6 Å². The van der Waals surface area contributed by atoms with Crippen LogP contribution in [0.25, 0.3) is 0 Å². The van der Waals surface area contributed by atoms with E-state index in [1.54, 1.807) is 19.2 Å². The van der Waals surface area contributed by atoms with Gasteiger partial charge in [0.2, 0.25) is 5.91 Å². The number of carbonyl (C=O) groups is 1. The van der Waals surface area contributed by atoms with Gasteiger partial charge < -0.3 is 15.0 Å². The first-order valence-electron chi connectivity index (χ1n) is 9.39. The maximum atomic E-state index is 13.0. The minimum atomic E-state index is -0.312. The fourth-order valence-corrected chi connectivity index (χ4v) is 3.59. The van der Waals surface area contributed by atoms with Crippen LogP contribution in [0.4, 0.5) is 4.39 Å².